The largest absolute Gasteiger partial charge is 0.332 e. The van der Waals surface area contributed by atoms with Gasteiger partial charge in [0.15, 0.2) is 10.9 Å². The highest BCUT2D eigenvalue weighted by Gasteiger charge is 2.09. The minimum atomic E-state index is -0.541. The first-order valence-corrected chi connectivity index (χ1v) is 6.92. The Labute approximate surface area is 131 Å². The molecule has 0 heterocycles. The summed E-state index contributed by atoms with van der Waals surface area (Å²) in [5.41, 5.74) is 1.84. The van der Waals surface area contributed by atoms with Crippen molar-refractivity contribution in [3.05, 3.63) is 57.8 Å². The molecule has 2 nitrogen and oxygen atoms in total. The van der Waals surface area contributed by atoms with Crippen LogP contribution in [0.15, 0.2) is 36.4 Å². The van der Waals surface area contributed by atoms with E-state index in [0.29, 0.717) is 5.02 Å². The zero-order valence-electron chi connectivity index (χ0n) is 10.5. The summed E-state index contributed by atoms with van der Waals surface area (Å²) in [6.45, 7) is 1.87. The first kappa shape index (κ1) is 15.0. The number of halogens is 3. The molecule has 6 heteroatoms. The van der Waals surface area contributed by atoms with Crippen LogP contribution in [-0.4, -0.2) is 5.11 Å². The van der Waals surface area contributed by atoms with E-state index in [1.165, 1.54) is 6.07 Å². The maximum absolute atomic E-state index is 13.7. The third kappa shape index (κ3) is 3.39. The number of hydrogen-bond donors (Lipinski definition) is 2. The first-order valence-electron chi connectivity index (χ1n) is 5.76. The van der Waals surface area contributed by atoms with Crippen molar-refractivity contribution in [2.24, 2.45) is 0 Å². The molecule has 0 radical (unpaired) electrons. The van der Waals surface area contributed by atoms with Crippen LogP contribution in [0.5, 0.6) is 0 Å². The van der Waals surface area contributed by atoms with Gasteiger partial charge in [0.05, 0.1) is 10.7 Å². The van der Waals surface area contributed by atoms with Gasteiger partial charge in [0, 0.05) is 10.7 Å². The van der Waals surface area contributed by atoms with E-state index in [1.54, 1.807) is 24.3 Å². The van der Waals surface area contributed by atoms with Gasteiger partial charge in [-0.05, 0) is 49.0 Å². The smallest absolute Gasteiger partial charge is 0.175 e. The number of thiocarbonyl (C=S) groups is 1. The third-order valence-electron chi connectivity index (χ3n) is 2.72. The van der Waals surface area contributed by atoms with Gasteiger partial charge in [-0.15, -0.1) is 0 Å². The van der Waals surface area contributed by atoms with Gasteiger partial charge < -0.3 is 10.6 Å². The van der Waals surface area contributed by atoms with Crippen LogP contribution in [0.25, 0.3) is 0 Å². The van der Waals surface area contributed by atoms with E-state index >= 15 is 0 Å². The molecule has 0 aliphatic carbocycles. The Hall–Kier alpha value is -1.36. The molecule has 0 amide bonds. The lowest BCUT2D eigenvalue weighted by Gasteiger charge is -2.13. The summed E-state index contributed by atoms with van der Waals surface area (Å²) >= 11 is 16.9. The Bertz CT molecular complexity index is 606. The molecule has 0 saturated heterocycles. The molecule has 0 aliphatic heterocycles. The lowest BCUT2D eigenvalue weighted by Crippen LogP contribution is -2.20. The van der Waals surface area contributed by atoms with Gasteiger partial charge in [0.1, 0.15) is 0 Å². The average molecular weight is 329 g/mol. The van der Waals surface area contributed by atoms with Crippen LogP contribution < -0.4 is 10.6 Å². The maximum atomic E-state index is 13.7. The number of rotatable bonds is 2. The monoisotopic (exact) mass is 328 g/mol. The van der Waals surface area contributed by atoms with Crippen LogP contribution in [0.2, 0.25) is 10.0 Å². The molecule has 2 aromatic carbocycles. The Morgan fingerprint density at radius 3 is 2.25 bits per heavy atom. The van der Waals surface area contributed by atoms with E-state index in [1.807, 2.05) is 13.0 Å². The Morgan fingerprint density at radius 1 is 1.00 bits per heavy atom. The van der Waals surface area contributed by atoms with Gasteiger partial charge in [0.25, 0.3) is 0 Å². The number of hydrogen-bond acceptors (Lipinski definition) is 1. The molecule has 2 aromatic rings. The van der Waals surface area contributed by atoms with Crippen molar-refractivity contribution in [2.75, 3.05) is 10.6 Å². The molecule has 0 atom stereocenters. The number of benzene rings is 2. The summed E-state index contributed by atoms with van der Waals surface area (Å²) in [6, 6.07) is 10.1. The minimum Gasteiger partial charge on any atom is -0.332 e. The normalized spacial score (nSPS) is 10.2. The van der Waals surface area contributed by atoms with Gasteiger partial charge in [-0.1, -0.05) is 35.3 Å². The highest BCUT2D eigenvalue weighted by molar-refractivity contribution is 7.80. The van der Waals surface area contributed by atoms with Crippen LogP contribution >= 0.6 is 35.4 Å². The fourth-order valence-electron chi connectivity index (χ4n) is 1.62. The maximum Gasteiger partial charge on any atom is 0.175 e. The molecule has 0 aliphatic rings. The van der Waals surface area contributed by atoms with Gasteiger partial charge in [0.2, 0.25) is 0 Å². The van der Waals surface area contributed by atoms with E-state index in [9.17, 15) is 4.39 Å². The molecule has 104 valence electrons. The summed E-state index contributed by atoms with van der Waals surface area (Å²) in [5.74, 6) is -0.541. The summed E-state index contributed by atoms with van der Waals surface area (Å²) in [5, 5.41) is 6.67. The van der Waals surface area contributed by atoms with E-state index in [-0.39, 0.29) is 15.8 Å². The molecule has 2 rings (SSSR count). The summed E-state index contributed by atoms with van der Waals surface area (Å²) in [4.78, 5) is 0. The summed E-state index contributed by atoms with van der Waals surface area (Å²) in [7, 11) is 0. The standard InChI is InChI=1S/C14H11Cl2FN2S/c1-8-9(15)4-2-6-11(8)18-14(20)19-12-7-3-5-10(16)13(12)17/h2-7H,1H3,(H2,18,19,20). The Balaban J connectivity index is 2.13. The highest BCUT2D eigenvalue weighted by Crippen LogP contribution is 2.24. The predicted molar refractivity (Wildman–Crippen MR) is 87.4 cm³/mol. The zero-order chi connectivity index (χ0) is 14.7. The molecule has 20 heavy (non-hydrogen) atoms. The third-order valence-corrected chi connectivity index (χ3v) is 3.62. The number of nitrogens with one attached hydrogen (secondary N) is 2. The average Bonchev–Trinajstić information content (AvgIpc) is 2.40. The molecule has 0 spiro atoms. The van der Waals surface area contributed by atoms with E-state index in [2.05, 4.69) is 10.6 Å². The van der Waals surface area contributed by atoms with Crippen LogP contribution in [0.1, 0.15) is 5.56 Å². The number of anilines is 2. The Kier molecular flexibility index (Phi) is 4.81. The van der Waals surface area contributed by atoms with Crippen molar-refractivity contribution in [1.82, 2.24) is 0 Å². The van der Waals surface area contributed by atoms with Crippen molar-refractivity contribution >= 4 is 51.9 Å². The lowest BCUT2D eigenvalue weighted by molar-refractivity contribution is 0.632. The second kappa shape index (κ2) is 6.39. The predicted octanol–water partition coefficient (Wildman–Crippen LogP) is 5.25. The van der Waals surface area contributed by atoms with Crippen molar-refractivity contribution in [3.8, 4) is 0 Å². The fraction of sp³-hybridized carbons (Fsp3) is 0.0714. The molecule has 0 aromatic heterocycles. The molecule has 0 unspecified atom stereocenters. The van der Waals surface area contributed by atoms with E-state index < -0.39 is 5.82 Å². The molecule has 0 bridgehead atoms. The zero-order valence-corrected chi connectivity index (χ0v) is 12.8. The van der Waals surface area contributed by atoms with Crippen molar-refractivity contribution in [2.45, 2.75) is 6.92 Å². The SMILES string of the molecule is Cc1c(Cl)cccc1NC(=S)Nc1cccc(Cl)c1F. The van der Waals surface area contributed by atoms with Crippen LogP contribution in [0.3, 0.4) is 0 Å². The van der Waals surface area contributed by atoms with Gasteiger partial charge in [-0.3, -0.25) is 0 Å². The molecule has 2 N–H and O–H groups in total. The van der Waals surface area contributed by atoms with Crippen molar-refractivity contribution < 1.29 is 4.39 Å². The summed E-state index contributed by atoms with van der Waals surface area (Å²) in [6.07, 6.45) is 0. The fourth-order valence-corrected chi connectivity index (χ4v) is 2.19. The highest BCUT2D eigenvalue weighted by atomic mass is 35.5. The van der Waals surface area contributed by atoms with Crippen LogP contribution in [0.4, 0.5) is 15.8 Å². The first-order chi connectivity index (χ1) is 9.49. The van der Waals surface area contributed by atoms with Gasteiger partial charge >= 0.3 is 0 Å². The second-order valence-corrected chi connectivity index (χ2v) is 5.32. The van der Waals surface area contributed by atoms with Crippen molar-refractivity contribution in [1.29, 1.82) is 0 Å². The molecule has 0 fully saturated rings. The van der Waals surface area contributed by atoms with Crippen LogP contribution in [0, 0.1) is 12.7 Å². The molecular weight excluding hydrogens is 318 g/mol. The van der Waals surface area contributed by atoms with Crippen LogP contribution in [-0.2, 0) is 0 Å². The topological polar surface area (TPSA) is 24.1 Å². The van der Waals surface area contributed by atoms with E-state index in [4.69, 9.17) is 35.4 Å². The van der Waals surface area contributed by atoms with Gasteiger partial charge in [-0.2, -0.15) is 0 Å². The second-order valence-electron chi connectivity index (χ2n) is 4.09. The lowest BCUT2D eigenvalue weighted by atomic mass is 10.2. The Morgan fingerprint density at radius 2 is 1.55 bits per heavy atom. The summed E-state index contributed by atoms with van der Waals surface area (Å²) < 4.78 is 13.7. The van der Waals surface area contributed by atoms with Crippen molar-refractivity contribution in [3.63, 3.8) is 0 Å². The quantitative estimate of drug-likeness (QED) is 0.736. The minimum absolute atomic E-state index is 0.0386. The molecule has 0 saturated carbocycles. The van der Waals surface area contributed by atoms with E-state index in [0.717, 1.165) is 11.3 Å². The molecular formula is C14H11Cl2FN2S. The van der Waals surface area contributed by atoms with Gasteiger partial charge in [-0.25, -0.2) is 4.39 Å².